The van der Waals surface area contributed by atoms with Gasteiger partial charge in [0.1, 0.15) is 0 Å². The first-order chi connectivity index (χ1) is 8.69. The van der Waals surface area contributed by atoms with Crippen molar-refractivity contribution in [3.05, 3.63) is 39.9 Å². The molecule has 0 bridgehead atoms. The highest BCUT2D eigenvalue weighted by Crippen LogP contribution is 2.27. The van der Waals surface area contributed by atoms with Crippen molar-refractivity contribution in [3.8, 4) is 0 Å². The predicted molar refractivity (Wildman–Crippen MR) is 77.3 cm³/mol. The van der Waals surface area contributed by atoms with Crippen LogP contribution in [0.15, 0.2) is 33.7 Å². The van der Waals surface area contributed by atoms with E-state index in [0.717, 1.165) is 0 Å². The Labute approximate surface area is 121 Å². The molecule has 0 amide bonds. The summed E-state index contributed by atoms with van der Waals surface area (Å²) in [7, 11) is -3.57. The molecule has 0 aliphatic heterocycles. The monoisotopic (exact) mass is 346 g/mol. The number of rotatable bonds is 5. The third-order valence-electron chi connectivity index (χ3n) is 2.77. The molecule has 0 atom stereocenters. The van der Waals surface area contributed by atoms with Gasteiger partial charge in [0, 0.05) is 4.47 Å². The Morgan fingerprint density at radius 3 is 2.47 bits per heavy atom. The molecule has 0 fully saturated rings. The van der Waals surface area contributed by atoms with E-state index in [2.05, 4.69) is 22.5 Å². The van der Waals surface area contributed by atoms with Gasteiger partial charge in [-0.2, -0.15) is 0 Å². The molecule has 0 unspecified atom stereocenters. The van der Waals surface area contributed by atoms with Crippen molar-refractivity contribution in [2.45, 2.75) is 25.2 Å². The van der Waals surface area contributed by atoms with Crippen LogP contribution in [0.3, 0.4) is 0 Å². The molecule has 1 N–H and O–H groups in total. The molecule has 0 radical (unpaired) electrons. The number of aromatic carboxylic acids is 1. The van der Waals surface area contributed by atoms with Crippen molar-refractivity contribution in [2.75, 3.05) is 5.75 Å². The predicted octanol–water partition coefficient (Wildman–Crippen LogP) is 3.20. The Balaban J connectivity index is 3.41. The van der Waals surface area contributed by atoms with Gasteiger partial charge < -0.3 is 5.11 Å². The summed E-state index contributed by atoms with van der Waals surface area (Å²) in [5.41, 5.74) is 1.04. The van der Waals surface area contributed by atoms with E-state index >= 15 is 0 Å². The summed E-state index contributed by atoms with van der Waals surface area (Å²) in [5.74, 6) is -1.33. The Morgan fingerprint density at radius 2 is 2.00 bits per heavy atom. The highest BCUT2D eigenvalue weighted by Gasteiger charge is 2.21. The van der Waals surface area contributed by atoms with Crippen LogP contribution in [0, 0.1) is 6.92 Å². The summed E-state index contributed by atoms with van der Waals surface area (Å²) >= 11 is 3.19. The maximum Gasteiger partial charge on any atom is 0.335 e. The first kappa shape index (κ1) is 15.9. The zero-order valence-corrected chi connectivity index (χ0v) is 13.1. The van der Waals surface area contributed by atoms with Crippen molar-refractivity contribution in [1.82, 2.24) is 0 Å². The van der Waals surface area contributed by atoms with Crippen LogP contribution < -0.4 is 0 Å². The molecule has 4 nitrogen and oxygen atoms in total. The van der Waals surface area contributed by atoms with E-state index < -0.39 is 15.8 Å². The van der Waals surface area contributed by atoms with E-state index in [4.69, 9.17) is 5.11 Å². The van der Waals surface area contributed by atoms with E-state index in [1.54, 1.807) is 6.92 Å². The molecule has 0 saturated heterocycles. The second kappa shape index (κ2) is 5.88. The minimum Gasteiger partial charge on any atom is -0.478 e. The van der Waals surface area contributed by atoms with Gasteiger partial charge in [0.05, 0.1) is 16.2 Å². The van der Waals surface area contributed by atoms with Gasteiger partial charge in [0.2, 0.25) is 0 Å². The molecule has 0 saturated carbocycles. The number of benzene rings is 1. The summed E-state index contributed by atoms with van der Waals surface area (Å²) in [5, 5.41) is 8.99. The lowest BCUT2D eigenvalue weighted by Gasteiger charge is -2.11. The van der Waals surface area contributed by atoms with Crippen LogP contribution >= 0.6 is 15.9 Å². The summed E-state index contributed by atoms with van der Waals surface area (Å²) in [6, 6.07) is 2.59. The van der Waals surface area contributed by atoms with Crippen molar-refractivity contribution in [1.29, 1.82) is 0 Å². The molecule has 1 rings (SSSR count). The van der Waals surface area contributed by atoms with E-state index in [0.29, 0.717) is 22.0 Å². The van der Waals surface area contributed by atoms with E-state index in [9.17, 15) is 13.2 Å². The van der Waals surface area contributed by atoms with Gasteiger partial charge in [-0.15, -0.1) is 0 Å². The molecule has 104 valence electrons. The number of carbonyl (C=O) groups is 1. The molecule has 1 aromatic carbocycles. The van der Waals surface area contributed by atoms with Crippen LogP contribution in [0.4, 0.5) is 0 Å². The molecule has 19 heavy (non-hydrogen) atoms. The van der Waals surface area contributed by atoms with Gasteiger partial charge in [-0.3, -0.25) is 0 Å². The highest BCUT2D eigenvalue weighted by molar-refractivity contribution is 9.10. The molecule has 1 aromatic rings. The number of halogens is 1. The van der Waals surface area contributed by atoms with E-state index in [1.807, 2.05) is 6.92 Å². The fraction of sp³-hybridized carbons (Fsp3) is 0.308. The first-order valence-corrected chi connectivity index (χ1v) is 8.06. The fourth-order valence-corrected chi connectivity index (χ4v) is 3.92. The number of hydrogen-bond acceptors (Lipinski definition) is 3. The number of sulfone groups is 1. The third-order valence-corrected chi connectivity index (χ3v) is 5.48. The van der Waals surface area contributed by atoms with Crippen LogP contribution in [0.1, 0.15) is 29.3 Å². The summed E-state index contributed by atoms with van der Waals surface area (Å²) < 4.78 is 25.0. The molecular weight excluding hydrogens is 332 g/mol. The lowest BCUT2D eigenvalue weighted by molar-refractivity contribution is 0.0696. The second-order valence-electron chi connectivity index (χ2n) is 4.25. The highest BCUT2D eigenvalue weighted by atomic mass is 79.9. The van der Waals surface area contributed by atoms with Gasteiger partial charge in [0.15, 0.2) is 9.84 Å². The molecule has 6 heteroatoms. The molecule has 0 aliphatic rings. The molecule has 0 spiro atoms. The Morgan fingerprint density at radius 1 is 1.42 bits per heavy atom. The third kappa shape index (κ3) is 3.67. The summed E-state index contributed by atoms with van der Waals surface area (Å²) in [6.07, 6.45) is 0.568. The van der Waals surface area contributed by atoms with Gasteiger partial charge >= 0.3 is 5.97 Å². The topological polar surface area (TPSA) is 71.4 Å². The van der Waals surface area contributed by atoms with Crippen molar-refractivity contribution < 1.29 is 18.3 Å². The lowest BCUT2D eigenvalue weighted by atomic mass is 10.1. The van der Waals surface area contributed by atoms with Crippen molar-refractivity contribution in [2.24, 2.45) is 0 Å². The Bertz CT molecular complexity index is 632. The van der Waals surface area contributed by atoms with Crippen molar-refractivity contribution >= 4 is 31.7 Å². The summed E-state index contributed by atoms with van der Waals surface area (Å²) in [6.45, 7) is 7.15. The zero-order valence-electron chi connectivity index (χ0n) is 10.7. The minimum atomic E-state index is -3.57. The van der Waals surface area contributed by atoms with E-state index in [1.165, 1.54) is 12.1 Å². The van der Waals surface area contributed by atoms with Crippen LogP contribution in [0.5, 0.6) is 0 Å². The zero-order chi connectivity index (χ0) is 14.8. The maximum absolute atomic E-state index is 12.3. The average molecular weight is 347 g/mol. The van der Waals surface area contributed by atoms with Crippen molar-refractivity contribution in [3.63, 3.8) is 0 Å². The largest absolute Gasteiger partial charge is 0.478 e. The van der Waals surface area contributed by atoms with Gasteiger partial charge in [-0.25, -0.2) is 13.2 Å². The standard InChI is InChI=1S/C13H15BrO4S/c1-4-8(2)7-19(17,18)12-6-10(13(15)16)5-11(14)9(12)3/h5-6H,2,4,7H2,1,3H3,(H,15,16). The lowest BCUT2D eigenvalue weighted by Crippen LogP contribution is -2.12. The molecule has 0 aromatic heterocycles. The SMILES string of the molecule is C=C(CC)CS(=O)(=O)c1cc(C(=O)O)cc(Br)c1C. The quantitative estimate of drug-likeness (QED) is 0.831. The fourth-order valence-electron chi connectivity index (χ4n) is 1.55. The molecule has 0 aliphatic carbocycles. The Kier molecular flexibility index (Phi) is 4.92. The van der Waals surface area contributed by atoms with Crippen LogP contribution in [0.2, 0.25) is 0 Å². The van der Waals surface area contributed by atoms with Crippen LogP contribution in [-0.2, 0) is 9.84 Å². The number of hydrogen-bond donors (Lipinski definition) is 1. The van der Waals surface area contributed by atoms with Gasteiger partial charge in [0.25, 0.3) is 0 Å². The van der Waals surface area contributed by atoms with Gasteiger partial charge in [-0.1, -0.05) is 35.0 Å². The average Bonchev–Trinajstić information content (AvgIpc) is 2.31. The second-order valence-corrected chi connectivity index (χ2v) is 7.06. The number of carboxylic acid groups (broad SMARTS) is 1. The minimum absolute atomic E-state index is 0.0360. The molecule has 0 heterocycles. The van der Waals surface area contributed by atoms with Crippen LogP contribution in [0.25, 0.3) is 0 Å². The van der Waals surface area contributed by atoms with E-state index in [-0.39, 0.29) is 16.2 Å². The normalized spacial score (nSPS) is 11.3. The summed E-state index contributed by atoms with van der Waals surface area (Å²) in [4.78, 5) is 11.0. The Hall–Kier alpha value is -1.14. The smallest absolute Gasteiger partial charge is 0.335 e. The maximum atomic E-state index is 12.3. The van der Waals surface area contributed by atoms with Gasteiger partial charge in [-0.05, 0) is 31.0 Å². The van der Waals surface area contributed by atoms with Crippen LogP contribution in [-0.4, -0.2) is 25.2 Å². The number of carboxylic acids is 1. The first-order valence-electron chi connectivity index (χ1n) is 5.62. The molecular formula is C13H15BrO4S.